The Kier molecular flexibility index (Phi) is 4.24. The van der Waals surface area contributed by atoms with Crippen molar-refractivity contribution < 1.29 is 19.5 Å². The molecule has 1 heterocycles. The maximum absolute atomic E-state index is 12.3. The third kappa shape index (κ3) is 2.91. The number of hydrogen-bond donors (Lipinski definition) is 1. The van der Waals surface area contributed by atoms with Crippen molar-refractivity contribution in [2.24, 2.45) is 0 Å². The van der Waals surface area contributed by atoms with Gasteiger partial charge in [-0.05, 0) is 12.1 Å². The van der Waals surface area contributed by atoms with Crippen LogP contribution in [0.1, 0.15) is 10.4 Å². The zero-order chi connectivity index (χ0) is 14.7. The predicted molar refractivity (Wildman–Crippen MR) is 71.6 cm³/mol. The lowest BCUT2D eigenvalue weighted by molar-refractivity contribution is -0.156. The molecule has 1 aliphatic rings. The van der Waals surface area contributed by atoms with Crippen molar-refractivity contribution in [3.63, 3.8) is 0 Å². The van der Waals surface area contributed by atoms with Crippen LogP contribution >= 0.6 is 11.6 Å². The number of amides is 2. The summed E-state index contributed by atoms with van der Waals surface area (Å²) in [4.78, 5) is 36.9. The van der Waals surface area contributed by atoms with Crippen LogP contribution in [-0.2, 0) is 9.59 Å². The average molecular weight is 297 g/mol. The molecule has 0 radical (unpaired) electrons. The number of carbonyl (C=O) groups excluding carboxylic acids is 2. The van der Waals surface area contributed by atoms with Crippen molar-refractivity contribution in [3.05, 3.63) is 34.9 Å². The fourth-order valence-electron chi connectivity index (χ4n) is 2.05. The van der Waals surface area contributed by atoms with Gasteiger partial charge in [0.1, 0.15) is 0 Å². The van der Waals surface area contributed by atoms with Gasteiger partial charge in [-0.3, -0.25) is 9.59 Å². The third-order valence-corrected chi connectivity index (χ3v) is 3.47. The normalized spacial score (nSPS) is 15.1. The number of aliphatic carboxylic acids is 1. The molecule has 0 aliphatic carbocycles. The first-order valence-corrected chi connectivity index (χ1v) is 6.44. The largest absolute Gasteiger partial charge is 0.474 e. The summed E-state index contributed by atoms with van der Waals surface area (Å²) in [5, 5.41) is 9.01. The molecule has 0 bridgehead atoms. The SMILES string of the molecule is O=C(O)C(=O)N1CCN(C(=O)c2ccccc2Cl)CC1. The molecule has 2 amide bonds. The van der Waals surface area contributed by atoms with Gasteiger partial charge in [-0.25, -0.2) is 4.79 Å². The summed E-state index contributed by atoms with van der Waals surface area (Å²) in [5.41, 5.74) is 0.409. The highest BCUT2D eigenvalue weighted by molar-refractivity contribution is 6.33. The van der Waals surface area contributed by atoms with E-state index in [2.05, 4.69) is 0 Å². The maximum atomic E-state index is 12.3. The van der Waals surface area contributed by atoms with Crippen molar-refractivity contribution in [1.29, 1.82) is 0 Å². The molecular weight excluding hydrogens is 284 g/mol. The van der Waals surface area contributed by atoms with E-state index < -0.39 is 11.9 Å². The van der Waals surface area contributed by atoms with Gasteiger partial charge < -0.3 is 14.9 Å². The molecule has 6 nitrogen and oxygen atoms in total. The fraction of sp³-hybridized carbons (Fsp3) is 0.308. The van der Waals surface area contributed by atoms with Crippen molar-refractivity contribution >= 4 is 29.4 Å². The molecule has 1 saturated heterocycles. The molecule has 7 heteroatoms. The first-order chi connectivity index (χ1) is 9.50. The molecule has 0 saturated carbocycles. The number of benzene rings is 1. The Morgan fingerprint density at radius 3 is 2.10 bits per heavy atom. The van der Waals surface area contributed by atoms with Crippen LogP contribution in [0.2, 0.25) is 5.02 Å². The van der Waals surface area contributed by atoms with Gasteiger partial charge in [-0.1, -0.05) is 23.7 Å². The van der Waals surface area contributed by atoms with E-state index in [1.165, 1.54) is 4.90 Å². The number of hydrogen-bond acceptors (Lipinski definition) is 3. The second kappa shape index (κ2) is 5.92. The van der Waals surface area contributed by atoms with Crippen molar-refractivity contribution in [2.45, 2.75) is 0 Å². The predicted octanol–water partition coefficient (Wildman–Crippen LogP) is 0.709. The summed E-state index contributed by atoms with van der Waals surface area (Å²) in [5.74, 6) is -2.62. The molecular formula is C13H13ClN2O4. The number of nitrogens with zero attached hydrogens (tertiary/aromatic N) is 2. The van der Waals surface area contributed by atoms with Crippen LogP contribution in [0.15, 0.2) is 24.3 Å². The molecule has 1 N–H and O–H groups in total. The first kappa shape index (κ1) is 14.3. The van der Waals surface area contributed by atoms with Crippen molar-refractivity contribution in [2.75, 3.05) is 26.2 Å². The minimum atomic E-state index is -1.48. The zero-order valence-electron chi connectivity index (χ0n) is 10.6. The second-order valence-corrected chi connectivity index (χ2v) is 4.78. The lowest BCUT2D eigenvalue weighted by Gasteiger charge is -2.34. The van der Waals surface area contributed by atoms with Crippen LogP contribution < -0.4 is 0 Å². The van der Waals surface area contributed by atoms with Crippen LogP contribution in [0, 0.1) is 0 Å². The number of carboxylic acid groups (broad SMARTS) is 1. The monoisotopic (exact) mass is 296 g/mol. The van der Waals surface area contributed by atoms with Crippen LogP contribution in [0.25, 0.3) is 0 Å². The molecule has 1 fully saturated rings. The number of halogens is 1. The molecule has 1 aromatic rings. The topological polar surface area (TPSA) is 77.9 Å². The van der Waals surface area contributed by atoms with E-state index in [0.29, 0.717) is 23.7 Å². The molecule has 0 unspecified atom stereocenters. The Hall–Kier alpha value is -2.08. The summed E-state index contributed by atoms with van der Waals surface area (Å²) in [7, 11) is 0. The Balaban J connectivity index is 2.01. The molecule has 106 valence electrons. The Morgan fingerprint density at radius 1 is 1.00 bits per heavy atom. The van der Waals surface area contributed by atoms with E-state index in [9.17, 15) is 14.4 Å². The van der Waals surface area contributed by atoms with E-state index in [0.717, 1.165) is 0 Å². The van der Waals surface area contributed by atoms with E-state index >= 15 is 0 Å². The van der Waals surface area contributed by atoms with E-state index in [1.807, 2.05) is 0 Å². The van der Waals surface area contributed by atoms with Gasteiger partial charge >= 0.3 is 11.9 Å². The average Bonchev–Trinajstić information content (AvgIpc) is 2.46. The molecule has 0 spiro atoms. The van der Waals surface area contributed by atoms with E-state index in [1.54, 1.807) is 29.2 Å². The van der Waals surface area contributed by atoms with Crippen molar-refractivity contribution in [1.82, 2.24) is 9.80 Å². The number of piperazine rings is 1. The van der Waals surface area contributed by atoms with E-state index in [-0.39, 0.29) is 19.0 Å². The summed E-state index contributed by atoms with van der Waals surface area (Å²) in [6.07, 6.45) is 0. The highest BCUT2D eigenvalue weighted by atomic mass is 35.5. The standard InChI is InChI=1S/C13H13ClN2O4/c14-10-4-2-1-3-9(10)11(17)15-5-7-16(8-6-15)12(18)13(19)20/h1-4H,5-8H2,(H,19,20). The van der Waals surface area contributed by atoms with Crippen LogP contribution in [0.4, 0.5) is 0 Å². The quantitative estimate of drug-likeness (QED) is 0.774. The van der Waals surface area contributed by atoms with Gasteiger partial charge in [0.2, 0.25) is 0 Å². The number of carboxylic acids is 1. The summed E-state index contributed by atoms with van der Waals surface area (Å²) >= 11 is 5.97. The molecule has 1 aromatic carbocycles. The zero-order valence-corrected chi connectivity index (χ0v) is 11.3. The minimum Gasteiger partial charge on any atom is -0.474 e. The van der Waals surface area contributed by atoms with Gasteiger partial charge in [0.25, 0.3) is 5.91 Å². The van der Waals surface area contributed by atoms with Gasteiger partial charge in [0.05, 0.1) is 10.6 Å². The summed E-state index contributed by atoms with van der Waals surface area (Å²) in [6.45, 7) is 1.01. The fourth-order valence-corrected chi connectivity index (χ4v) is 2.27. The third-order valence-electron chi connectivity index (χ3n) is 3.14. The minimum absolute atomic E-state index is 0.210. The second-order valence-electron chi connectivity index (χ2n) is 4.37. The van der Waals surface area contributed by atoms with Crippen LogP contribution in [0.3, 0.4) is 0 Å². The first-order valence-electron chi connectivity index (χ1n) is 6.06. The molecule has 0 atom stereocenters. The van der Waals surface area contributed by atoms with Crippen LogP contribution in [-0.4, -0.2) is 58.9 Å². The smallest absolute Gasteiger partial charge is 0.394 e. The van der Waals surface area contributed by atoms with Crippen molar-refractivity contribution in [3.8, 4) is 0 Å². The van der Waals surface area contributed by atoms with E-state index in [4.69, 9.17) is 16.7 Å². The number of carbonyl (C=O) groups is 3. The maximum Gasteiger partial charge on any atom is 0.394 e. The van der Waals surface area contributed by atoms with Gasteiger partial charge in [0.15, 0.2) is 0 Å². The number of rotatable bonds is 1. The Bertz CT molecular complexity index is 553. The highest BCUT2D eigenvalue weighted by Gasteiger charge is 2.28. The van der Waals surface area contributed by atoms with Crippen LogP contribution in [0.5, 0.6) is 0 Å². The Morgan fingerprint density at radius 2 is 1.55 bits per heavy atom. The van der Waals surface area contributed by atoms with Gasteiger partial charge in [0, 0.05) is 26.2 Å². The Labute approximate surface area is 120 Å². The van der Waals surface area contributed by atoms with Gasteiger partial charge in [-0.15, -0.1) is 0 Å². The molecule has 0 aromatic heterocycles. The lowest BCUT2D eigenvalue weighted by Crippen LogP contribution is -2.52. The summed E-state index contributed by atoms with van der Waals surface area (Å²) < 4.78 is 0. The lowest BCUT2D eigenvalue weighted by atomic mass is 10.2. The summed E-state index contributed by atoms with van der Waals surface area (Å²) in [6, 6.07) is 6.74. The highest BCUT2D eigenvalue weighted by Crippen LogP contribution is 2.18. The van der Waals surface area contributed by atoms with Gasteiger partial charge in [-0.2, -0.15) is 0 Å². The molecule has 1 aliphatic heterocycles. The molecule has 2 rings (SSSR count). The molecule has 20 heavy (non-hydrogen) atoms.